The van der Waals surface area contributed by atoms with E-state index in [0.29, 0.717) is 23.4 Å². The summed E-state index contributed by atoms with van der Waals surface area (Å²) in [6.45, 7) is 0.582. The van der Waals surface area contributed by atoms with Crippen molar-refractivity contribution in [2.75, 3.05) is 0 Å². The molecule has 1 amide bonds. The van der Waals surface area contributed by atoms with E-state index in [9.17, 15) is 24.8 Å². The van der Waals surface area contributed by atoms with Crippen molar-refractivity contribution in [2.24, 2.45) is 5.10 Å². The molecular formula is C32H26N4O5. The number of nitro benzene ring substituents is 1. The van der Waals surface area contributed by atoms with Gasteiger partial charge in [0, 0.05) is 47.8 Å². The third-order valence-corrected chi connectivity index (χ3v) is 6.83. The minimum absolute atomic E-state index is 0.0131. The third-order valence-electron chi connectivity index (χ3n) is 6.83. The predicted molar refractivity (Wildman–Crippen MR) is 156 cm³/mol. The maximum absolute atomic E-state index is 12.8. The van der Waals surface area contributed by atoms with Crippen LogP contribution in [-0.2, 0) is 11.3 Å². The lowest BCUT2D eigenvalue weighted by Gasteiger charge is -2.14. The van der Waals surface area contributed by atoms with Gasteiger partial charge >= 0.3 is 5.97 Å². The maximum atomic E-state index is 12.8. The number of hydrogen-bond acceptors (Lipinski definition) is 5. The summed E-state index contributed by atoms with van der Waals surface area (Å²) in [6.07, 6.45) is 1.90. The van der Waals surface area contributed by atoms with Gasteiger partial charge in [-0.2, -0.15) is 5.10 Å². The number of fused-ring (bicyclic) bond motifs is 1. The Hall–Kier alpha value is -5.57. The molecule has 0 aliphatic rings. The first-order valence-electron chi connectivity index (χ1n) is 12.9. The molecule has 9 heteroatoms. The Morgan fingerprint density at radius 2 is 1.49 bits per heavy atom. The van der Waals surface area contributed by atoms with E-state index < -0.39 is 22.7 Å². The maximum Gasteiger partial charge on any atom is 0.311 e. The van der Waals surface area contributed by atoms with Crippen LogP contribution in [-0.4, -0.2) is 32.2 Å². The molecule has 1 heterocycles. The number of para-hydroxylation sites is 1. The number of nitro groups is 1. The van der Waals surface area contributed by atoms with Crippen LogP contribution >= 0.6 is 0 Å². The largest absolute Gasteiger partial charge is 0.481 e. The Bertz CT molecular complexity index is 1730. The standard InChI is InChI=1S/C32H26N4O5/c37-31(24-15-17-25(18-16-24)36(40)41)34-33-29(23-11-5-2-6-12-23)19-27(32(38)39)28-21-35(20-22-9-3-1-4-10-22)30-14-8-7-13-26(28)30/h1-18,21,27H,19-20H2,(H,34,37)(H,38,39). The van der Waals surface area contributed by atoms with Crippen LogP contribution in [0.15, 0.2) is 120 Å². The molecule has 0 aliphatic heterocycles. The zero-order valence-corrected chi connectivity index (χ0v) is 21.9. The molecule has 0 fully saturated rings. The molecule has 1 atom stereocenters. The number of amides is 1. The fourth-order valence-corrected chi connectivity index (χ4v) is 4.76. The molecule has 0 bridgehead atoms. The second-order valence-electron chi connectivity index (χ2n) is 9.48. The second-order valence-corrected chi connectivity index (χ2v) is 9.48. The number of non-ortho nitro benzene ring substituents is 1. The molecular weight excluding hydrogens is 520 g/mol. The van der Waals surface area contributed by atoms with Gasteiger partial charge in [-0.1, -0.05) is 78.9 Å². The van der Waals surface area contributed by atoms with Crippen LogP contribution in [0.1, 0.15) is 39.4 Å². The average molecular weight is 547 g/mol. The van der Waals surface area contributed by atoms with Gasteiger partial charge in [-0.3, -0.25) is 19.7 Å². The van der Waals surface area contributed by atoms with Gasteiger partial charge in [0.25, 0.3) is 11.6 Å². The number of nitrogens with one attached hydrogen (secondary N) is 1. The smallest absolute Gasteiger partial charge is 0.311 e. The van der Waals surface area contributed by atoms with Crippen LogP contribution in [0.2, 0.25) is 0 Å². The number of rotatable bonds is 10. The van der Waals surface area contributed by atoms with Crippen LogP contribution in [0.5, 0.6) is 0 Å². The zero-order chi connectivity index (χ0) is 28.8. The molecule has 2 N–H and O–H groups in total. The molecule has 9 nitrogen and oxygen atoms in total. The number of aromatic nitrogens is 1. The van der Waals surface area contributed by atoms with Gasteiger partial charge in [0.15, 0.2) is 0 Å². The summed E-state index contributed by atoms with van der Waals surface area (Å²) in [6, 6.07) is 31.8. The van der Waals surface area contributed by atoms with E-state index >= 15 is 0 Å². The van der Waals surface area contributed by atoms with E-state index in [-0.39, 0.29) is 17.7 Å². The summed E-state index contributed by atoms with van der Waals surface area (Å²) >= 11 is 0. The van der Waals surface area contributed by atoms with Gasteiger partial charge < -0.3 is 9.67 Å². The van der Waals surface area contributed by atoms with E-state index in [1.54, 1.807) is 12.1 Å². The summed E-state index contributed by atoms with van der Waals surface area (Å²) < 4.78 is 2.05. The first-order chi connectivity index (χ1) is 19.9. The molecule has 0 saturated heterocycles. The predicted octanol–water partition coefficient (Wildman–Crippen LogP) is 5.99. The van der Waals surface area contributed by atoms with Gasteiger partial charge in [-0.25, -0.2) is 5.43 Å². The lowest BCUT2D eigenvalue weighted by molar-refractivity contribution is -0.384. The molecule has 0 saturated carbocycles. The van der Waals surface area contributed by atoms with Crippen molar-refractivity contribution >= 4 is 34.2 Å². The molecule has 204 valence electrons. The summed E-state index contributed by atoms with van der Waals surface area (Å²) in [5, 5.41) is 26.5. The highest BCUT2D eigenvalue weighted by Crippen LogP contribution is 2.32. The third kappa shape index (κ3) is 6.20. The molecule has 5 rings (SSSR count). The van der Waals surface area contributed by atoms with Crippen LogP contribution < -0.4 is 5.43 Å². The summed E-state index contributed by atoms with van der Waals surface area (Å²) in [4.78, 5) is 35.9. The second kappa shape index (κ2) is 12.1. The van der Waals surface area contributed by atoms with Crippen LogP contribution in [0.4, 0.5) is 5.69 Å². The zero-order valence-electron chi connectivity index (χ0n) is 21.9. The minimum atomic E-state index is -1.02. The highest BCUT2D eigenvalue weighted by Gasteiger charge is 2.27. The lowest BCUT2D eigenvalue weighted by Crippen LogP contribution is -2.23. The first-order valence-corrected chi connectivity index (χ1v) is 12.9. The van der Waals surface area contributed by atoms with Gasteiger partial charge in [-0.15, -0.1) is 0 Å². The highest BCUT2D eigenvalue weighted by atomic mass is 16.6. The van der Waals surface area contributed by atoms with E-state index in [1.807, 2.05) is 83.6 Å². The number of carbonyl (C=O) groups excluding carboxylic acids is 1. The number of hydrazone groups is 1. The van der Waals surface area contributed by atoms with E-state index in [2.05, 4.69) is 10.5 Å². The van der Waals surface area contributed by atoms with E-state index in [4.69, 9.17) is 0 Å². The number of nitrogens with zero attached hydrogens (tertiary/aromatic N) is 3. The van der Waals surface area contributed by atoms with Crippen molar-refractivity contribution < 1.29 is 19.6 Å². The lowest BCUT2D eigenvalue weighted by atomic mass is 9.91. The molecule has 0 spiro atoms. The van der Waals surface area contributed by atoms with Gasteiger partial charge in [0.05, 0.1) is 16.6 Å². The van der Waals surface area contributed by atoms with Crippen molar-refractivity contribution in [3.8, 4) is 0 Å². The van der Waals surface area contributed by atoms with E-state index in [1.165, 1.54) is 24.3 Å². The molecule has 1 aromatic heterocycles. The normalized spacial score (nSPS) is 12.1. The number of hydrogen-bond donors (Lipinski definition) is 2. The first kappa shape index (κ1) is 27.0. The summed E-state index contributed by atoms with van der Waals surface area (Å²) in [7, 11) is 0. The number of carboxylic acid groups (broad SMARTS) is 1. The fourth-order valence-electron chi connectivity index (χ4n) is 4.76. The Morgan fingerprint density at radius 1 is 0.854 bits per heavy atom. The topological polar surface area (TPSA) is 127 Å². The van der Waals surface area contributed by atoms with E-state index in [0.717, 1.165) is 16.5 Å². The Balaban J connectivity index is 1.48. The van der Waals surface area contributed by atoms with Gasteiger partial charge in [0.2, 0.25) is 0 Å². The summed E-state index contributed by atoms with van der Waals surface area (Å²) in [5.41, 5.74) is 6.25. The van der Waals surface area contributed by atoms with Crippen LogP contribution in [0, 0.1) is 10.1 Å². The highest BCUT2D eigenvalue weighted by molar-refractivity contribution is 6.05. The van der Waals surface area contributed by atoms with Crippen LogP contribution in [0.25, 0.3) is 10.9 Å². The van der Waals surface area contributed by atoms with Crippen molar-refractivity contribution in [1.29, 1.82) is 0 Å². The number of aliphatic carboxylic acids is 1. The molecule has 4 aromatic carbocycles. The number of benzene rings is 4. The molecule has 0 radical (unpaired) electrons. The van der Waals surface area contributed by atoms with Crippen molar-refractivity contribution in [1.82, 2.24) is 9.99 Å². The van der Waals surface area contributed by atoms with Gasteiger partial charge in [0.1, 0.15) is 0 Å². The SMILES string of the molecule is O=C(NN=C(CC(C(=O)O)c1cn(Cc2ccccc2)c2ccccc12)c1ccccc1)c1ccc([N+](=O)[O-])cc1. The Morgan fingerprint density at radius 3 is 2.15 bits per heavy atom. The van der Waals surface area contributed by atoms with Crippen molar-refractivity contribution in [3.63, 3.8) is 0 Å². The van der Waals surface area contributed by atoms with Crippen molar-refractivity contribution in [2.45, 2.75) is 18.9 Å². The number of carbonyl (C=O) groups is 2. The molecule has 1 unspecified atom stereocenters. The van der Waals surface area contributed by atoms with Crippen LogP contribution in [0.3, 0.4) is 0 Å². The Labute approximate surface area is 235 Å². The molecule has 0 aliphatic carbocycles. The minimum Gasteiger partial charge on any atom is -0.481 e. The Kier molecular flexibility index (Phi) is 7.96. The quantitative estimate of drug-likeness (QED) is 0.126. The fraction of sp³-hybridized carbons (Fsp3) is 0.0938. The average Bonchev–Trinajstić information content (AvgIpc) is 3.35. The number of carboxylic acids is 1. The van der Waals surface area contributed by atoms with Crippen molar-refractivity contribution in [3.05, 3.63) is 148 Å². The molecule has 41 heavy (non-hydrogen) atoms. The summed E-state index contributed by atoms with van der Waals surface area (Å²) in [5.74, 6) is -2.54. The molecule has 5 aromatic rings. The monoisotopic (exact) mass is 546 g/mol. The van der Waals surface area contributed by atoms with Gasteiger partial charge in [-0.05, 0) is 34.9 Å².